The number of nitrogens with zero attached hydrogens (tertiary/aromatic N) is 1. The third-order valence-corrected chi connectivity index (χ3v) is 4.19. The van der Waals surface area contributed by atoms with Gasteiger partial charge in [-0.3, -0.25) is 0 Å². The SMILES string of the molecule is CC(C)N(C(C)C)S(=O)c1ccc(N)cc1. The van der Waals surface area contributed by atoms with Crippen molar-refractivity contribution in [1.82, 2.24) is 4.31 Å². The van der Waals surface area contributed by atoms with E-state index in [1.165, 1.54) is 0 Å². The van der Waals surface area contributed by atoms with Crippen LogP contribution in [0.2, 0.25) is 0 Å². The molecule has 0 saturated carbocycles. The first kappa shape index (κ1) is 13.2. The molecule has 0 spiro atoms. The van der Waals surface area contributed by atoms with Crippen molar-refractivity contribution in [1.29, 1.82) is 0 Å². The summed E-state index contributed by atoms with van der Waals surface area (Å²) >= 11 is 0. The normalized spacial score (nSPS) is 13.7. The predicted molar refractivity (Wildman–Crippen MR) is 69.4 cm³/mol. The summed E-state index contributed by atoms with van der Waals surface area (Å²) in [5.74, 6) is 0. The average molecular weight is 240 g/mol. The molecular weight excluding hydrogens is 220 g/mol. The molecule has 1 aromatic carbocycles. The molecule has 0 amide bonds. The van der Waals surface area contributed by atoms with E-state index >= 15 is 0 Å². The van der Waals surface area contributed by atoms with Crippen LogP contribution in [0.4, 0.5) is 5.69 Å². The largest absolute Gasteiger partial charge is 0.399 e. The maximum absolute atomic E-state index is 12.3. The summed E-state index contributed by atoms with van der Waals surface area (Å²) in [5, 5.41) is 0. The molecule has 0 aliphatic heterocycles. The molecule has 1 atom stereocenters. The van der Waals surface area contributed by atoms with Crippen LogP contribution in [0.15, 0.2) is 29.2 Å². The van der Waals surface area contributed by atoms with Crippen LogP contribution in [-0.4, -0.2) is 20.6 Å². The topological polar surface area (TPSA) is 46.3 Å². The zero-order valence-electron chi connectivity index (χ0n) is 10.3. The lowest BCUT2D eigenvalue weighted by molar-refractivity contribution is 0.320. The zero-order valence-corrected chi connectivity index (χ0v) is 11.1. The highest BCUT2D eigenvalue weighted by Gasteiger charge is 2.21. The van der Waals surface area contributed by atoms with Crippen molar-refractivity contribution in [3.63, 3.8) is 0 Å². The van der Waals surface area contributed by atoms with Crippen LogP contribution in [0.3, 0.4) is 0 Å². The van der Waals surface area contributed by atoms with E-state index in [2.05, 4.69) is 27.7 Å². The van der Waals surface area contributed by atoms with Crippen molar-refractivity contribution in [2.75, 3.05) is 5.73 Å². The van der Waals surface area contributed by atoms with Crippen molar-refractivity contribution in [3.05, 3.63) is 24.3 Å². The second-order valence-electron chi connectivity index (χ2n) is 4.37. The quantitative estimate of drug-likeness (QED) is 0.821. The van der Waals surface area contributed by atoms with Crippen LogP contribution >= 0.6 is 0 Å². The third kappa shape index (κ3) is 3.06. The van der Waals surface area contributed by atoms with Gasteiger partial charge in [-0.15, -0.1) is 0 Å². The Bertz CT molecular complexity index is 352. The molecule has 2 N–H and O–H groups in total. The monoisotopic (exact) mass is 240 g/mol. The summed E-state index contributed by atoms with van der Waals surface area (Å²) in [6.07, 6.45) is 0. The molecule has 1 aromatic rings. The minimum Gasteiger partial charge on any atom is -0.399 e. The fourth-order valence-corrected chi connectivity index (χ4v) is 3.06. The van der Waals surface area contributed by atoms with Gasteiger partial charge in [0.25, 0.3) is 0 Å². The molecule has 1 rings (SSSR count). The Kier molecular flexibility index (Phi) is 4.50. The summed E-state index contributed by atoms with van der Waals surface area (Å²) in [7, 11) is -1.11. The lowest BCUT2D eigenvalue weighted by atomic mass is 10.3. The molecule has 0 bridgehead atoms. The first-order valence-corrected chi connectivity index (χ1v) is 6.60. The maximum Gasteiger partial charge on any atom is 0.128 e. The molecule has 1 unspecified atom stereocenters. The first-order valence-electron chi connectivity index (χ1n) is 5.49. The molecule has 0 aromatic heterocycles. The number of hydrogen-bond donors (Lipinski definition) is 1. The Labute approximate surface area is 100 Å². The lowest BCUT2D eigenvalue weighted by Crippen LogP contribution is -2.38. The van der Waals surface area contributed by atoms with E-state index in [9.17, 15) is 4.21 Å². The summed E-state index contributed by atoms with van der Waals surface area (Å²) in [5.41, 5.74) is 6.31. The van der Waals surface area contributed by atoms with Gasteiger partial charge in [0.1, 0.15) is 11.0 Å². The minimum absolute atomic E-state index is 0.249. The summed E-state index contributed by atoms with van der Waals surface area (Å²) < 4.78 is 14.3. The van der Waals surface area contributed by atoms with Crippen molar-refractivity contribution >= 4 is 16.7 Å². The number of nitrogens with two attached hydrogens (primary N) is 1. The fraction of sp³-hybridized carbons (Fsp3) is 0.500. The van der Waals surface area contributed by atoms with Gasteiger partial charge in [-0.05, 0) is 52.0 Å². The third-order valence-electron chi connectivity index (χ3n) is 2.29. The van der Waals surface area contributed by atoms with Gasteiger partial charge in [-0.2, -0.15) is 0 Å². The van der Waals surface area contributed by atoms with Gasteiger partial charge >= 0.3 is 0 Å². The molecule has 0 radical (unpaired) electrons. The molecule has 4 heteroatoms. The lowest BCUT2D eigenvalue weighted by Gasteiger charge is -2.28. The van der Waals surface area contributed by atoms with Crippen molar-refractivity contribution < 1.29 is 4.21 Å². The Morgan fingerprint density at radius 1 is 1.06 bits per heavy atom. The Balaban J connectivity index is 2.95. The standard InChI is InChI=1S/C12H20N2OS/c1-9(2)14(10(3)4)16(15)12-7-5-11(13)6-8-12/h5-10H,13H2,1-4H3. The number of rotatable bonds is 4. The summed E-state index contributed by atoms with van der Waals surface area (Å²) in [4.78, 5) is 0.802. The van der Waals surface area contributed by atoms with E-state index < -0.39 is 11.0 Å². The fourth-order valence-electron chi connectivity index (χ4n) is 1.69. The molecule has 0 heterocycles. The highest BCUT2D eigenvalue weighted by atomic mass is 32.2. The van der Waals surface area contributed by atoms with Crippen LogP contribution in [0, 0.1) is 0 Å². The van der Waals surface area contributed by atoms with Gasteiger partial charge in [0, 0.05) is 17.8 Å². The van der Waals surface area contributed by atoms with E-state index in [-0.39, 0.29) is 12.1 Å². The van der Waals surface area contributed by atoms with Crippen LogP contribution in [0.5, 0.6) is 0 Å². The molecule has 90 valence electrons. The van der Waals surface area contributed by atoms with Crippen molar-refractivity contribution in [3.8, 4) is 0 Å². The predicted octanol–water partition coefficient (Wildman–Crippen LogP) is 2.41. The first-order chi connectivity index (χ1) is 7.43. The number of nitrogen functional groups attached to an aromatic ring is 1. The van der Waals surface area contributed by atoms with E-state index in [0.717, 1.165) is 4.90 Å². The molecule has 0 aliphatic rings. The van der Waals surface area contributed by atoms with Gasteiger partial charge in [0.2, 0.25) is 0 Å². The van der Waals surface area contributed by atoms with Crippen LogP contribution < -0.4 is 5.73 Å². The summed E-state index contributed by atoms with van der Waals surface area (Å²) in [6.45, 7) is 8.20. The molecule has 0 saturated heterocycles. The van der Waals surface area contributed by atoms with Gasteiger partial charge in [0.15, 0.2) is 0 Å². The molecule has 16 heavy (non-hydrogen) atoms. The number of hydrogen-bond acceptors (Lipinski definition) is 2. The Hall–Kier alpha value is -0.870. The highest BCUT2D eigenvalue weighted by molar-refractivity contribution is 7.82. The molecule has 0 fully saturated rings. The van der Waals surface area contributed by atoms with E-state index in [0.29, 0.717) is 5.69 Å². The van der Waals surface area contributed by atoms with Crippen molar-refractivity contribution in [2.45, 2.75) is 44.7 Å². The van der Waals surface area contributed by atoms with Gasteiger partial charge in [0.05, 0.1) is 4.90 Å². The highest BCUT2D eigenvalue weighted by Crippen LogP contribution is 2.17. The van der Waals surface area contributed by atoms with Crippen molar-refractivity contribution in [2.24, 2.45) is 0 Å². The Morgan fingerprint density at radius 2 is 1.50 bits per heavy atom. The second kappa shape index (κ2) is 5.46. The number of anilines is 1. The van der Waals surface area contributed by atoms with Gasteiger partial charge < -0.3 is 5.73 Å². The minimum atomic E-state index is -1.11. The van der Waals surface area contributed by atoms with Crippen LogP contribution in [0.1, 0.15) is 27.7 Å². The second-order valence-corrected chi connectivity index (χ2v) is 5.76. The van der Waals surface area contributed by atoms with Gasteiger partial charge in [-0.25, -0.2) is 8.51 Å². The molecule has 0 aliphatic carbocycles. The summed E-state index contributed by atoms with van der Waals surface area (Å²) in [6, 6.07) is 7.71. The smallest absolute Gasteiger partial charge is 0.128 e. The van der Waals surface area contributed by atoms with Crippen LogP contribution in [0.25, 0.3) is 0 Å². The zero-order chi connectivity index (χ0) is 12.3. The average Bonchev–Trinajstić information content (AvgIpc) is 2.17. The maximum atomic E-state index is 12.3. The van der Waals surface area contributed by atoms with E-state index in [1.54, 1.807) is 12.1 Å². The van der Waals surface area contributed by atoms with Crippen LogP contribution in [-0.2, 0) is 11.0 Å². The molecule has 3 nitrogen and oxygen atoms in total. The van der Waals surface area contributed by atoms with E-state index in [1.807, 2.05) is 16.4 Å². The molecular formula is C12H20N2OS. The van der Waals surface area contributed by atoms with Gasteiger partial charge in [-0.1, -0.05) is 0 Å². The number of benzene rings is 1. The Morgan fingerprint density at radius 3 is 1.88 bits per heavy atom. The van der Waals surface area contributed by atoms with E-state index in [4.69, 9.17) is 5.73 Å².